The molecule has 1 saturated heterocycles. The molecule has 0 unspecified atom stereocenters. The van der Waals surface area contributed by atoms with E-state index >= 15 is 0 Å². The minimum Gasteiger partial charge on any atom is -0.506 e. The molecule has 154 valence electrons. The fourth-order valence-corrected chi connectivity index (χ4v) is 3.46. The molecule has 0 radical (unpaired) electrons. The smallest absolute Gasteiger partial charge is 0.294 e. The van der Waals surface area contributed by atoms with Crippen LogP contribution in [0, 0.1) is 10.1 Å². The SMILES string of the molecule is COc1ccccc1/C=C1\SC(=O)N(CC(=O)Nc2cc([N+](=O)[O-])ccc2O)C1=O. The van der Waals surface area contributed by atoms with Crippen LogP contribution in [-0.2, 0) is 9.59 Å². The van der Waals surface area contributed by atoms with E-state index < -0.39 is 28.5 Å². The summed E-state index contributed by atoms with van der Waals surface area (Å²) in [5, 5.41) is 22.2. The predicted octanol–water partition coefficient (Wildman–Crippen LogP) is 2.98. The number of phenols is 1. The first-order valence-corrected chi connectivity index (χ1v) is 9.27. The number of aromatic hydroxyl groups is 1. The summed E-state index contributed by atoms with van der Waals surface area (Å²) in [6, 6.07) is 10.0. The molecule has 1 aliphatic heterocycles. The molecule has 1 aliphatic rings. The third kappa shape index (κ3) is 4.41. The number of nitrogens with zero attached hydrogens (tertiary/aromatic N) is 2. The first-order valence-electron chi connectivity index (χ1n) is 8.46. The third-order valence-electron chi connectivity index (χ3n) is 4.07. The molecular weight excluding hydrogens is 414 g/mol. The van der Waals surface area contributed by atoms with E-state index in [1.165, 1.54) is 13.2 Å². The number of ether oxygens (including phenoxy) is 1. The molecule has 0 aromatic heterocycles. The fourth-order valence-electron chi connectivity index (χ4n) is 2.63. The number of nitro groups is 1. The number of hydrogen-bond donors (Lipinski definition) is 2. The van der Waals surface area contributed by atoms with Crippen LogP contribution in [0.15, 0.2) is 47.4 Å². The maximum Gasteiger partial charge on any atom is 0.294 e. The molecule has 3 rings (SSSR count). The second kappa shape index (κ2) is 8.66. The molecule has 1 heterocycles. The van der Waals surface area contributed by atoms with E-state index in [9.17, 15) is 29.6 Å². The van der Waals surface area contributed by atoms with Crippen molar-refractivity contribution < 1.29 is 29.2 Å². The van der Waals surface area contributed by atoms with Crippen molar-refractivity contribution in [1.29, 1.82) is 0 Å². The highest BCUT2D eigenvalue weighted by molar-refractivity contribution is 8.18. The number of carbonyl (C=O) groups excluding carboxylic acids is 3. The highest BCUT2D eigenvalue weighted by Crippen LogP contribution is 2.34. The number of benzene rings is 2. The highest BCUT2D eigenvalue weighted by atomic mass is 32.2. The van der Waals surface area contributed by atoms with Gasteiger partial charge in [0.2, 0.25) is 5.91 Å². The number of carbonyl (C=O) groups is 3. The zero-order chi connectivity index (χ0) is 21.8. The molecule has 30 heavy (non-hydrogen) atoms. The van der Waals surface area contributed by atoms with Gasteiger partial charge in [0.25, 0.3) is 16.8 Å². The lowest BCUT2D eigenvalue weighted by Gasteiger charge is -2.13. The van der Waals surface area contributed by atoms with Crippen molar-refractivity contribution in [3.63, 3.8) is 0 Å². The summed E-state index contributed by atoms with van der Waals surface area (Å²) in [4.78, 5) is 48.1. The first-order chi connectivity index (χ1) is 14.3. The average Bonchev–Trinajstić information content (AvgIpc) is 2.97. The summed E-state index contributed by atoms with van der Waals surface area (Å²) < 4.78 is 5.21. The van der Waals surface area contributed by atoms with Crippen LogP contribution in [0.1, 0.15) is 5.56 Å². The average molecular weight is 429 g/mol. The second-order valence-electron chi connectivity index (χ2n) is 6.02. The van der Waals surface area contributed by atoms with E-state index in [0.29, 0.717) is 23.1 Å². The van der Waals surface area contributed by atoms with Crippen molar-refractivity contribution in [2.75, 3.05) is 19.0 Å². The van der Waals surface area contributed by atoms with Crippen LogP contribution in [0.5, 0.6) is 11.5 Å². The molecule has 2 aromatic rings. The largest absolute Gasteiger partial charge is 0.506 e. The number of non-ortho nitro benzene ring substituents is 1. The Morgan fingerprint density at radius 1 is 1.30 bits per heavy atom. The summed E-state index contributed by atoms with van der Waals surface area (Å²) >= 11 is 0.678. The van der Waals surface area contributed by atoms with Gasteiger partial charge in [0.1, 0.15) is 18.0 Å². The number of methoxy groups -OCH3 is 1. The molecule has 2 aromatic carbocycles. The Hall–Kier alpha value is -3.86. The van der Waals surface area contributed by atoms with Gasteiger partial charge in [-0.05, 0) is 30.0 Å². The van der Waals surface area contributed by atoms with Gasteiger partial charge in [-0.3, -0.25) is 29.4 Å². The van der Waals surface area contributed by atoms with Crippen molar-refractivity contribution in [1.82, 2.24) is 4.90 Å². The van der Waals surface area contributed by atoms with Gasteiger partial charge in [-0.15, -0.1) is 0 Å². The summed E-state index contributed by atoms with van der Waals surface area (Å²) in [6.07, 6.45) is 1.49. The number of nitro benzene ring substituents is 1. The number of thioether (sulfide) groups is 1. The lowest BCUT2D eigenvalue weighted by Crippen LogP contribution is -2.36. The number of rotatable bonds is 6. The van der Waals surface area contributed by atoms with Gasteiger partial charge in [-0.25, -0.2) is 0 Å². The number of imide groups is 1. The van der Waals surface area contributed by atoms with E-state index in [1.54, 1.807) is 24.3 Å². The van der Waals surface area contributed by atoms with Crippen LogP contribution in [0.3, 0.4) is 0 Å². The van der Waals surface area contributed by atoms with Crippen molar-refractivity contribution in [3.05, 3.63) is 63.0 Å². The Bertz CT molecular complexity index is 1080. The van der Waals surface area contributed by atoms with Crippen molar-refractivity contribution >= 4 is 46.3 Å². The van der Waals surface area contributed by atoms with Crippen LogP contribution in [0.4, 0.5) is 16.2 Å². The Kier molecular flexibility index (Phi) is 6.02. The molecule has 0 spiro atoms. The van der Waals surface area contributed by atoms with E-state index in [2.05, 4.69) is 5.32 Å². The quantitative estimate of drug-likeness (QED) is 0.309. The van der Waals surface area contributed by atoms with Crippen LogP contribution in [0.2, 0.25) is 0 Å². The molecule has 3 amide bonds. The Morgan fingerprint density at radius 2 is 2.03 bits per heavy atom. The Balaban J connectivity index is 1.74. The Morgan fingerprint density at radius 3 is 2.73 bits per heavy atom. The second-order valence-corrected chi connectivity index (χ2v) is 7.01. The zero-order valence-electron chi connectivity index (χ0n) is 15.5. The van der Waals surface area contributed by atoms with Crippen molar-refractivity contribution in [2.45, 2.75) is 0 Å². The van der Waals surface area contributed by atoms with Gasteiger partial charge in [0, 0.05) is 17.7 Å². The van der Waals surface area contributed by atoms with Crippen LogP contribution >= 0.6 is 11.8 Å². The van der Waals surface area contributed by atoms with E-state index in [4.69, 9.17) is 4.74 Å². The van der Waals surface area contributed by atoms with Crippen molar-refractivity contribution in [2.24, 2.45) is 0 Å². The number of para-hydroxylation sites is 1. The van der Waals surface area contributed by atoms with Gasteiger partial charge in [-0.2, -0.15) is 0 Å². The lowest BCUT2D eigenvalue weighted by molar-refractivity contribution is -0.384. The molecule has 0 bridgehead atoms. The summed E-state index contributed by atoms with van der Waals surface area (Å²) in [5.74, 6) is -1.33. The number of phenolic OH excluding ortho intramolecular Hbond substituents is 1. The van der Waals surface area contributed by atoms with Gasteiger partial charge in [-0.1, -0.05) is 18.2 Å². The number of nitrogens with one attached hydrogen (secondary N) is 1. The summed E-state index contributed by atoms with van der Waals surface area (Å²) in [5.41, 5.74) is 0.0520. The molecule has 2 N–H and O–H groups in total. The third-order valence-corrected chi connectivity index (χ3v) is 4.97. The van der Waals surface area contributed by atoms with Crippen LogP contribution in [0.25, 0.3) is 6.08 Å². The highest BCUT2D eigenvalue weighted by Gasteiger charge is 2.36. The normalized spacial score (nSPS) is 14.8. The summed E-state index contributed by atoms with van der Waals surface area (Å²) in [6.45, 7) is -0.615. The standard InChI is InChI=1S/C19H15N3O7S/c1-29-15-5-3-2-4-11(15)8-16-18(25)21(19(26)30-16)10-17(24)20-13-9-12(22(27)28)6-7-14(13)23/h2-9,23H,10H2,1H3,(H,20,24)/b16-8-. The first kappa shape index (κ1) is 20.9. The predicted molar refractivity (Wildman–Crippen MR) is 109 cm³/mol. The molecule has 10 nitrogen and oxygen atoms in total. The Labute approximate surface area is 174 Å². The molecule has 1 fully saturated rings. The maximum absolute atomic E-state index is 12.6. The molecule has 0 saturated carbocycles. The van der Waals surface area contributed by atoms with E-state index in [1.807, 2.05) is 0 Å². The fraction of sp³-hybridized carbons (Fsp3) is 0.105. The number of anilines is 1. The zero-order valence-corrected chi connectivity index (χ0v) is 16.3. The van der Waals surface area contributed by atoms with E-state index in [-0.39, 0.29) is 22.0 Å². The van der Waals surface area contributed by atoms with Crippen LogP contribution < -0.4 is 10.1 Å². The minimum atomic E-state index is -0.799. The van der Waals surface area contributed by atoms with Gasteiger partial charge >= 0.3 is 0 Å². The minimum absolute atomic E-state index is 0.121. The maximum atomic E-state index is 12.6. The van der Waals surface area contributed by atoms with Gasteiger partial charge in [0.15, 0.2) is 0 Å². The number of amides is 3. The molecule has 0 atom stereocenters. The van der Waals surface area contributed by atoms with Crippen LogP contribution in [-0.4, -0.2) is 45.6 Å². The monoisotopic (exact) mass is 429 g/mol. The topological polar surface area (TPSA) is 139 Å². The summed E-state index contributed by atoms with van der Waals surface area (Å²) in [7, 11) is 1.48. The lowest BCUT2D eigenvalue weighted by atomic mass is 10.2. The van der Waals surface area contributed by atoms with Gasteiger partial charge in [0.05, 0.1) is 22.6 Å². The molecule has 0 aliphatic carbocycles. The van der Waals surface area contributed by atoms with E-state index in [0.717, 1.165) is 23.1 Å². The van der Waals surface area contributed by atoms with Crippen molar-refractivity contribution in [3.8, 4) is 11.5 Å². The number of hydrogen-bond acceptors (Lipinski definition) is 8. The molecule has 11 heteroatoms. The van der Waals surface area contributed by atoms with Gasteiger partial charge < -0.3 is 15.2 Å². The molecular formula is C19H15N3O7S.